The number of ketones is 1. The van der Waals surface area contributed by atoms with Crippen LogP contribution in [0.15, 0.2) is 59.5 Å². The predicted molar refractivity (Wildman–Crippen MR) is 139 cm³/mol. The molecule has 0 saturated carbocycles. The standard InChI is InChI=1S/C27H25Cl2NO3S/c1-17(2)11-20-7-8-21(16-26(20)30-3)27-24(28)14-19(15-25(27)29)13-22(31)12-18-5-9-23(10-6-18)34(4,32)33/h5-10,14-17H,11-13H2,1-2,4H3. The molecule has 0 atom stereocenters. The Labute approximate surface area is 211 Å². The lowest BCUT2D eigenvalue weighted by molar-refractivity contribution is -0.117. The maximum absolute atomic E-state index is 12.6. The topological polar surface area (TPSA) is 55.6 Å². The Morgan fingerprint density at radius 2 is 1.53 bits per heavy atom. The second-order valence-corrected chi connectivity index (χ2v) is 11.6. The molecular formula is C27H25Cl2NO3S. The van der Waals surface area contributed by atoms with Gasteiger partial charge < -0.3 is 0 Å². The molecular weight excluding hydrogens is 489 g/mol. The van der Waals surface area contributed by atoms with Gasteiger partial charge in [-0.3, -0.25) is 4.79 Å². The number of Topliss-reactive ketones (excluding diaryl/α,β-unsaturated/α-hetero) is 1. The second-order valence-electron chi connectivity index (χ2n) is 8.80. The molecule has 0 N–H and O–H groups in total. The quantitative estimate of drug-likeness (QED) is 0.300. The van der Waals surface area contributed by atoms with E-state index >= 15 is 0 Å². The molecule has 3 aromatic rings. The maximum atomic E-state index is 12.6. The van der Waals surface area contributed by atoms with Crippen molar-refractivity contribution in [2.24, 2.45) is 5.92 Å². The average molecular weight is 514 g/mol. The van der Waals surface area contributed by atoms with Crippen LogP contribution in [0.5, 0.6) is 0 Å². The van der Waals surface area contributed by atoms with Crippen LogP contribution in [0.25, 0.3) is 16.0 Å². The van der Waals surface area contributed by atoms with Gasteiger partial charge in [-0.25, -0.2) is 13.3 Å². The molecule has 0 saturated heterocycles. The number of rotatable bonds is 8. The second kappa shape index (κ2) is 10.7. The third kappa shape index (κ3) is 6.48. The summed E-state index contributed by atoms with van der Waals surface area (Å²) in [6.07, 6.45) is 2.28. The Morgan fingerprint density at radius 3 is 2.06 bits per heavy atom. The van der Waals surface area contributed by atoms with Crippen LogP contribution in [0.3, 0.4) is 0 Å². The summed E-state index contributed by atoms with van der Waals surface area (Å²) >= 11 is 13.1. The summed E-state index contributed by atoms with van der Waals surface area (Å²) in [5, 5.41) is 0.834. The summed E-state index contributed by atoms with van der Waals surface area (Å²) in [6.45, 7) is 11.8. The summed E-state index contributed by atoms with van der Waals surface area (Å²) in [7, 11) is -3.28. The minimum absolute atomic E-state index is 0.0414. The van der Waals surface area contributed by atoms with Gasteiger partial charge in [-0.05, 0) is 64.9 Å². The Bertz CT molecular complexity index is 1350. The molecule has 7 heteroatoms. The fourth-order valence-electron chi connectivity index (χ4n) is 3.81. The third-order valence-corrected chi connectivity index (χ3v) is 7.10. The van der Waals surface area contributed by atoms with Crippen molar-refractivity contribution in [1.82, 2.24) is 0 Å². The first-order valence-corrected chi connectivity index (χ1v) is 13.4. The molecule has 0 aromatic heterocycles. The third-order valence-electron chi connectivity index (χ3n) is 5.38. The van der Waals surface area contributed by atoms with Crippen LogP contribution in [0.1, 0.15) is 30.5 Å². The molecule has 0 bridgehead atoms. The highest BCUT2D eigenvalue weighted by Crippen LogP contribution is 2.38. The number of sulfone groups is 1. The van der Waals surface area contributed by atoms with Crippen molar-refractivity contribution < 1.29 is 13.2 Å². The number of nitrogens with zero attached hydrogens (tertiary/aromatic N) is 1. The molecule has 0 unspecified atom stereocenters. The van der Waals surface area contributed by atoms with Crippen LogP contribution >= 0.6 is 23.2 Å². The number of carbonyl (C=O) groups excluding carboxylic acids is 1. The zero-order valence-electron chi connectivity index (χ0n) is 19.2. The van der Waals surface area contributed by atoms with Crippen molar-refractivity contribution in [1.29, 1.82) is 0 Å². The SMILES string of the molecule is [C-]#[N+]c1cc(-c2c(Cl)cc(CC(=O)Cc3ccc(S(C)(=O)=O)cc3)cc2Cl)ccc1CC(C)C. The maximum Gasteiger partial charge on any atom is 0.191 e. The average Bonchev–Trinajstić information content (AvgIpc) is 2.73. The van der Waals surface area contributed by atoms with Crippen molar-refractivity contribution in [3.63, 3.8) is 0 Å². The molecule has 0 heterocycles. The fourth-order valence-corrected chi connectivity index (χ4v) is 5.19. The zero-order chi connectivity index (χ0) is 25.0. The van der Waals surface area contributed by atoms with E-state index in [9.17, 15) is 13.2 Å². The van der Waals surface area contributed by atoms with Gasteiger partial charge >= 0.3 is 0 Å². The first-order chi connectivity index (χ1) is 16.0. The van der Waals surface area contributed by atoms with Gasteiger partial charge in [0.05, 0.1) is 21.5 Å². The van der Waals surface area contributed by atoms with Crippen LogP contribution in [-0.4, -0.2) is 20.5 Å². The van der Waals surface area contributed by atoms with Crippen LogP contribution in [-0.2, 0) is 33.9 Å². The minimum Gasteiger partial charge on any atom is -0.299 e. The van der Waals surface area contributed by atoms with E-state index in [1.165, 1.54) is 12.1 Å². The van der Waals surface area contributed by atoms with Crippen LogP contribution < -0.4 is 0 Å². The van der Waals surface area contributed by atoms with Gasteiger partial charge in [0.25, 0.3) is 0 Å². The first kappa shape index (κ1) is 26.0. The van der Waals surface area contributed by atoms with Gasteiger partial charge in [0.1, 0.15) is 5.78 Å². The van der Waals surface area contributed by atoms with Gasteiger partial charge in [0, 0.05) is 24.7 Å². The lowest BCUT2D eigenvalue weighted by atomic mass is 9.96. The van der Waals surface area contributed by atoms with Crippen LogP contribution in [0.2, 0.25) is 10.0 Å². The van der Waals surface area contributed by atoms with E-state index in [0.29, 0.717) is 32.8 Å². The fraction of sp³-hybridized carbons (Fsp3) is 0.259. The molecule has 0 aliphatic heterocycles. The van der Waals surface area contributed by atoms with Gasteiger partial charge in [0.15, 0.2) is 15.5 Å². The Morgan fingerprint density at radius 1 is 0.941 bits per heavy atom. The Kier molecular flexibility index (Phi) is 8.20. The number of hydrogen-bond donors (Lipinski definition) is 0. The Balaban J connectivity index is 1.79. The van der Waals surface area contributed by atoms with Crippen LogP contribution in [0.4, 0.5) is 5.69 Å². The number of carbonyl (C=O) groups is 1. The minimum atomic E-state index is -3.28. The normalized spacial score (nSPS) is 11.4. The van der Waals surface area contributed by atoms with Gasteiger partial charge in [-0.15, -0.1) is 0 Å². The predicted octanol–water partition coefficient (Wildman–Crippen LogP) is 7.17. The monoisotopic (exact) mass is 513 g/mol. The van der Waals surface area contributed by atoms with E-state index in [4.69, 9.17) is 29.8 Å². The largest absolute Gasteiger partial charge is 0.299 e. The van der Waals surface area contributed by atoms with Crippen molar-refractivity contribution >= 4 is 44.5 Å². The smallest absolute Gasteiger partial charge is 0.191 e. The number of benzene rings is 3. The number of hydrogen-bond acceptors (Lipinski definition) is 3. The lowest BCUT2D eigenvalue weighted by Gasteiger charge is -2.13. The van der Waals surface area contributed by atoms with Gasteiger partial charge in [0.2, 0.25) is 0 Å². The van der Waals surface area contributed by atoms with Crippen molar-refractivity contribution in [2.45, 2.75) is 38.0 Å². The molecule has 3 aromatic carbocycles. The highest BCUT2D eigenvalue weighted by Gasteiger charge is 2.15. The van der Waals surface area contributed by atoms with Crippen molar-refractivity contribution in [2.75, 3.05) is 6.26 Å². The highest BCUT2D eigenvalue weighted by molar-refractivity contribution is 7.90. The van der Waals surface area contributed by atoms with E-state index < -0.39 is 9.84 Å². The van der Waals surface area contributed by atoms with E-state index in [2.05, 4.69) is 18.7 Å². The lowest BCUT2D eigenvalue weighted by Crippen LogP contribution is -2.07. The molecule has 176 valence electrons. The summed E-state index contributed by atoms with van der Waals surface area (Å²) < 4.78 is 23.2. The molecule has 0 aliphatic rings. The summed E-state index contributed by atoms with van der Waals surface area (Å²) in [5.74, 6) is 0.397. The number of halogens is 2. The molecule has 34 heavy (non-hydrogen) atoms. The highest BCUT2D eigenvalue weighted by atomic mass is 35.5. The summed E-state index contributed by atoms with van der Waals surface area (Å²) in [5.41, 5.74) is 4.40. The zero-order valence-corrected chi connectivity index (χ0v) is 21.6. The Hall–Kier alpha value is -2.65. The molecule has 0 amide bonds. The molecule has 0 radical (unpaired) electrons. The summed E-state index contributed by atoms with van der Waals surface area (Å²) in [6, 6.07) is 15.4. The molecule has 0 fully saturated rings. The molecule has 0 aliphatic carbocycles. The first-order valence-electron chi connectivity index (χ1n) is 10.8. The molecule has 3 rings (SSSR count). The van der Waals surface area contributed by atoms with Gasteiger partial charge in [-0.2, -0.15) is 0 Å². The van der Waals surface area contributed by atoms with E-state index in [0.717, 1.165) is 29.4 Å². The van der Waals surface area contributed by atoms with E-state index in [1.54, 1.807) is 24.3 Å². The van der Waals surface area contributed by atoms with Crippen molar-refractivity contribution in [3.8, 4) is 11.1 Å². The van der Waals surface area contributed by atoms with E-state index in [1.807, 2.05) is 18.2 Å². The summed E-state index contributed by atoms with van der Waals surface area (Å²) in [4.78, 5) is 16.5. The van der Waals surface area contributed by atoms with Crippen LogP contribution in [0, 0.1) is 12.5 Å². The van der Waals surface area contributed by atoms with E-state index in [-0.39, 0.29) is 23.5 Å². The van der Waals surface area contributed by atoms with Gasteiger partial charge in [-0.1, -0.05) is 61.3 Å². The molecule has 0 spiro atoms. The van der Waals surface area contributed by atoms with Crippen molar-refractivity contribution in [3.05, 3.63) is 92.8 Å². The molecule has 4 nitrogen and oxygen atoms in total.